The molecule has 5 aromatic rings. The molecule has 12 nitrogen and oxygen atoms in total. The van der Waals surface area contributed by atoms with Crippen molar-refractivity contribution in [1.29, 1.82) is 0 Å². The zero-order valence-corrected chi connectivity index (χ0v) is 17.7. The summed E-state index contributed by atoms with van der Waals surface area (Å²) in [6.07, 6.45) is 11.7. The molecule has 5 aromatic heterocycles. The Labute approximate surface area is 182 Å². The van der Waals surface area contributed by atoms with Gasteiger partial charge in [0.2, 0.25) is 5.95 Å². The van der Waals surface area contributed by atoms with E-state index in [0.29, 0.717) is 11.8 Å². The highest BCUT2D eigenvalue weighted by Crippen LogP contribution is 2.43. The van der Waals surface area contributed by atoms with Gasteiger partial charge < -0.3 is 4.90 Å². The van der Waals surface area contributed by atoms with Crippen molar-refractivity contribution in [3.05, 3.63) is 54.9 Å². The Morgan fingerprint density at radius 2 is 2.03 bits per heavy atom. The number of hydrogen-bond acceptors (Lipinski definition) is 8. The molecular formula is C20H20N12. The van der Waals surface area contributed by atoms with Crippen LogP contribution >= 0.6 is 0 Å². The van der Waals surface area contributed by atoms with Crippen molar-refractivity contribution in [2.24, 2.45) is 7.05 Å². The predicted molar refractivity (Wildman–Crippen MR) is 115 cm³/mol. The lowest BCUT2D eigenvalue weighted by Gasteiger charge is -2.36. The fraction of sp³-hybridized carbons (Fsp3) is 0.250. The minimum atomic E-state index is -0.0504. The molecule has 0 saturated heterocycles. The Kier molecular flexibility index (Phi) is 3.93. The van der Waals surface area contributed by atoms with E-state index in [2.05, 4.69) is 47.3 Å². The van der Waals surface area contributed by atoms with Crippen LogP contribution in [0, 0.1) is 6.92 Å². The number of hydrogen-bond donors (Lipinski definition) is 1. The molecule has 160 valence electrons. The molecule has 0 aliphatic carbocycles. The molecule has 1 N–H and O–H groups in total. The maximum absolute atomic E-state index is 5.00. The first-order valence-electron chi connectivity index (χ1n) is 10.3. The lowest BCUT2D eigenvalue weighted by molar-refractivity contribution is 0.586. The van der Waals surface area contributed by atoms with Gasteiger partial charge in [-0.3, -0.25) is 18.9 Å². The Morgan fingerprint density at radius 3 is 2.78 bits per heavy atom. The molecular weight excluding hydrogens is 408 g/mol. The van der Waals surface area contributed by atoms with E-state index in [1.54, 1.807) is 17.1 Å². The van der Waals surface area contributed by atoms with E-state index in [4.69, 9.17) is 4.98 Å². The molecule has 6 heterocycles. The van der Waals surface area contributed by atoms with Crippen molar-refractivity contribution in [3.63, 3.8) is 0 Å². The number of anilines is 2. The zero-order chi connectivity index (χ0) is 21.8. The summed E-state index contributed by atoms with van der Waals surface area (Å²) in [7, 11) is 1.90. The van der Waals surface area contributed by atoms with E-state index in [0.717, 1.165) is 41.0 Å². The van der Waals surface area contributed by atoms with Crippen LogP contribution in [0.15, 0.2) is 43.2 Å². The largest absolute Gasteiger partial charge is 0.311 e. The van der Waals surface area contributed by atoms with Gasteiger partial charge in [-0.25, -0.2) is 9.97 Å². The molecule has 6 rings (SSSR count). The van der Waals surface area contributed by atoms with E-state index in [-0.39, 0.29) is 6.04 Å². The minimum Gasteiger partial charge on any atom is -0.311 e. The molecule has 0 fully saturated rings. The van der Waals surface area contributed by atoms with Gasteiger partial charge in [0.1, 0.15) is 17.2 Å². The normalized spacial score (nSPS) is 15.1. The summed E-state index contributed by atoms with van der Waals surface area (Å²) in [6.45, 7) is 4.06. The molecule has 0 amide bonds. The van der Waals surface area contributed by atoms with Gasteiger partial charge >= 0.3 is 0 Å². The van der Waals surface area contributed by atoms with Crippen LogP contribution in [0.4, 0.5) is 11.5 Å². The summed E-state index contributed by atoms with van der Waals surface area (Å²) in [5, 5.41) is 20.2. The summed E-state index contributed by atoms with van der Waals surface area (Å²) in [6, 6.07) is 1.81. The number of rotatable bonds is 4. The molecule has 1 atom stereocenters. The first kappa shape index (κ1) is 18.4. The lowest BCUT2D eigenvalue weighted by Crippen LogP contribution is -2.32. The Balaban J connectivity index is 1.58. The monoisotopic (exact) mass is 428 g/mol. The third-order valence-electron chi connectivity index (χ3n) is 5.62. The average molecular weight is 428 g/mol. The summed E-state index contributed by atoms with van der Waals surface area (Å²) in [5.74, 6) is 3.60. The summed E-state index contributed by atoms with van der Waals surface area (Å²) < 4.78 is 5.65. The van der Waals surface area contributed by atoms with Crippen molar-refractivity contribution >= 4 is 11.5 Å². The Bertz CT molecular complexity index is 1410. The number of fused-ring (bicyclic) bond motifs is 3. The first-order chi connectivity index (χ1) is 15.7. The number of imidazole rings is 1. The predicted octanol–water partition coefficient (Wildman–Crippen LogP) is 2.28. The Morgan fingerprint density at radius 1 is 1.12 bits per heavy atom. The van der Waals surface area contributed by atoms with Gasteiger partial charge in [0, 0.05) is 31.8 Å². The van der Waals surface area contributed by atoms with Crippen LogP contribution in [-0.2, 0) is 7.05 Å². The number of nitrogens with one attached hydrogen (secondary N) is 1. The summed E-state index contributed by atoms with van der Waals surface area (Å²) in [4.78, 5) is 16.3. The van der Waals surface area contributed by atoms with Crippen molar-refractivity contribution in [3.8, 4) is 23.2 Å². The van der Waals surface area contributed by atoms with Crippen LogP contribution in [0.1, 0.15) is 31.0 Å². The van der Waals surface area contributed by atoms with Gasteiger partial charge in [-0.05, 0) is 19.4 Å². The fourth-order valence-corrected chi connectivity index (χ4v) is 4.21. The van der Waals surface area contributed by atoms with Crippen molar-refractivity contribution in [1.82, 2.24) is 54.3 Å². The molecule has 0 spiro atoms. The molecule has 32 heavy (non-hydrogen) atoms. The second-order valence-corrected chi connectivity index (χ2v) is 7.58. The maximum Gasteiger partial charge on any atom is 0.237 e. The van der Waals surface area contributed by atoms with Crippen LogP contribution in [-0.4, -0.2) is 54.3 Å². The highest BCUT2D eigenvalue weighted by Gasteiger charge is 2.36. The minimum absolute atomic E-state index is 0.0504. The summed E-state index contributed by atoms with van der Waals surface area (Å²) >= 11 is 0. The quantitative estimate of drug-likeness (QED) is 0.462. The van der Waals surface area contributed by atoms with Gasteiger partial charge in [0.25, 0.3) is 0 Å². The van der Waals surface area contributed by atoms with Gasteiger partial charge in [-0.15, -0.1) is 10.2 Å². The molecule has 0 aromatic carbocycles. The number of aromatic nitrogens is 11. The molecule has 1 unspecified atom stereocenters. The average Bonchev–Trinajstić information content (AvgIpc) is 3.59. The molecule has 1 aliphatic rings. The first-order valence-corrected chi connectivity index (χ1v) is 10.3. The second-order valence-electron chi connectivity index (χ2n) is 7.58. The maximum atomic E-state index is 5.00. The highest BCUT2D eigenvalue weighted by molar-refractivity contribution is 5.71. The van der Waals surface area contributed by atoms with E-state index in [1.807, 2.05) is 54.0 Å². The number of nitrogens with zero attached hydrogens (tertiary/aromatic N) is 11. The van der Waals surface area contributed by atoms with E-state index < -0.39 is 0 Å². The van der Waals surface area contributed by atoms with Crippen molar-refractivity contribution in [2.75, 3.05) is 4.90 Å². The molecule has 1 aliphatic heterocycles. The number of aromatic amines is 1. The van der Waals surface area contributed by atoms with Crippen molar-refractivity contribution < 1.29 is 0 Å². The zero-order valence-electron chi connectivity index (χ0n) is 17.7. The topological polar surface area (TPSA) is 124 Å². The van der Waals surface area contributed by atoms with E-state index >= 15 is 0 Å². The van der Waals surface area contributed by atoms with E-state index in [9.17, 15) is 0 Å². The standard InChI is InChI=1S/C20H20N12/c1-4-15-19-28-26-12(2)31(19)16-10-22-20(25-18(16)32(15)13-9-24-29(3)11-13)30-8-7-21-17(30)14-5-6-23-27-14/h5-11,15H,4H2,1-3H3,(H,23,27). The van der Waals surface area contributed by atoms with Crippen LogP contribution in [0.2, 0.25) is 0 Å². The van der Waals surface area contributed by atoms with Gasteiger partial charge in [-0.2, -0.15) is 15.2 Å². The second kappa shape index (κ2) is 6.83. The summed E-state index contributed by atoms with van der Waals surface area (Å²) in [5.41, 5.74) is 2.53. The number of H-pyrrole nitrogens is 1. The Hall–Kier alpha value is -4.35. The lowest BCUT2D eigenvalue weighted by atomic mass is 10.1. The van der Waals surface area contributed by atoms with Crippen LogP contribution in [0.3, 0.4) is 0 Å². The highest BCUT2D eigenvalue weighted by atomic mass is 15.4. The van der Waals surface area contributed by atoms with Crippen LogP contribution in [0.5, 0.6) is 0 Å². The van der Waals surface area contributed by atoms with Gasteiger partial charge in [0.15, 0.2) is 17.5 Å². The molecule has 0 bridgehead atoms. The molecule has 12 heteroatoms. The number of aryl methyl sites for hydroxylation is 2. The fourth-order valence-electron chi connectivity index (χ4n) is 4.21. The smallest absolute Gasteiger partial charge is 0.237 e. The van der Waals surface area contributed by atoms with E-state index in [1.165, 1.54) is 0 Å². The van der Waals surface area contributed by atoms with Crippen LogP contribution in [0.25, 0.3) is 23.2 Å². The van der Waals surface area contributed by atoms with Crippen molar-refractivity contribution in [2.45, 2.75) is 26.3 Å². The van der Waals surface area contributed by atoms with Crippen LogP contribution < -0.4 is 4.90 Å². The third-order valence-corrected chi connectivity index (χ3v) is 5.62. The molecule has 0 saturated carbocycles. The van der Waals surface area contributed by atoms with Gasteiger partial charge in [0.05, 0.1) is 24.1 Å². The van der Waals surface area contributed by atoms with Gasteiger partial charge in [-0.1, -0.05) is 6.92 Å². The SMILES string of the molecule is CCC1c2nnc(C)n2-c2cnc(-n3ccnc3-c3ccn[nH]3)nc2N1c1cnn(C)c1. The molecule has 0 radical (unpaired) electrons. The third kappa shape index (κ3) is 2.58.